The number of halogens is 3. The molecule has 40 heavy (non-hydrogen) atoms. The quantitative estimate of drug-likeness (QED) is 0.403. The number of benzene rings is 2. The second-order valence-corrected chi connectivity index (χ2v) is 11.7. The molecular weight excluding hydrogens is 545 g/mol. The number of amides is 1. The number of alkyl halides is 3. The van der Waals surface area contributed by atoms with Crippen molar-refractivity contribution in [3.05, 3.63) is 48.2 Å². The summed E-state index contributed by atoms with van der Waals surface area (Å²) in [6.07, 6.45) is -1.87. The lowest BCUT2D eigenvalue weighted by atomic mass is 10.0. The van der Waals surface area contributed by atoms with Crippen LogP contribution < -0.4 is 15.4 Å². The number of anilines is 2. The van der Waals surface area contributed by atoms with Gasteiger partial charge in [-0.05, 0) is 49.1 Å². The van der Waals surface area contributed by atoms with Crippen molar-refractivity contribution in [2.75, 3.05) is 43.6 Å². The van der Waals surface area contributed by atoms with Crippen LogP contribution in [0.3, 0.4) is 0 Å². The van der Waals surface area contributed by atoms with E-state index in [2.05, 4.69) is 22.5 Å². The molecule has 0 saturated carbocycles. The molecule has 0 atom stereocenters. The topological polar surface area (TPSA) is 92.7 Å². The van der Waals surface area contributed by atoms with Crippen LogP contribution in [0.4, 0.5) is 24.5 Å². The van der Waals surface area contributed by atoms with Crippen molar-refractivity contribution in [1.29, 1.82) is 0 Å². The van der Waals surface area contributed by atoms with Gasteiger partial charge in [0, 0.05) is 49.5 Å². The first-order valence-electron chi connectivity index (χ1n) is 12.7. The lowest BCUT2D eigenvalue weighted by Crippen LogP contribution is -2.41. The average Bonchev–Trinajstić information content (AvgIpc) is 3.23. The zero-order valence-electron chi connectivity index (χ0n) is 22.4. The Balaban J connectivity index is 1.57. The van der Waals surface area contributed by atoms with Gasteiger partial charge in [-0.2, -0.15) is 13.2 Å². The van der Waals surface area contributed by atoms with Gasteiger partial charge in [0.25, 0.3) is 0 Å². The number of likely N-dealkylation sites (tertiary alicyclic amines) is 1. The van der Waals surface area contributed by atoms with Gasteiger partial charge in [0.05, 0.1) is 35.4 Å². The van der Waals surface area contributed by atoms with Crippen molar-refractivity contribution in [2.45, 2.75) is 43.4 Å². The summed E-state index contributed by atoms with van der Waals surface area (Å²) < 4.78 is 70.6. The number of aromatic nitrogens is 1. The highest BCUT2D eigenvalue weighted by atomic mass is 32.2. The van der Waals surface area contributed by atoms with Gasteiger partial charge in [0.1, 0.15) is 12.3 Å². The fraction of sp³-hybridized carbons (Fsp3) is 0.393. The highest BCUT2D eigenvalue weighted by Gasteiger charge is 2.30. The molecule has 4 rings (SSSR count). The number of sulfone groups is 1. The Bertz CT molecular complexity index is 1560. The van der Waals surface area contributed by atoms with Crippen molar-refractivity contribution < 1.29 is 31.1 Å². The van der Waals surface area contributed by atoms with E-state index in [0.29, 0.717) is 35.4 Å². The van der Waals surface area contributed by atoms with Crippen molar-refractivity contribution in [3.63, 3.8) is 0 Å². The number of nitrogens with zero attached hydrogens (tertiary/aromatic N) is 2. The summed E-state index contributed by atoms with van der Waals surface area (Å²) >= 11 is 0. The fourth-order valence-electron chi connectivity index (χ4n) is 4.74. The summed E-state index contributed by atoms with van der Waals surface area (Å²) in [4.78, 5) is 13.5. The van der Waals surface area contributed by atoms with Crippen LogP contribution in [0.5, 0.6) is 5.75 Å². The van der Waals surface area contributed by atoms with Crippen LogP contribution in [0, 0.1) is 11.8 Å². The fourth-order valence-corrected chi connectivity index (χ4v) is 5.38. The summed E-state index contributed by atoms with van der Waals surface area (Å²) in [5.41, 5.74) is 1.85. The molecule has 0 unspecified atom stereocenters. The van der Waals surface area contributed by atoms with Crippen LogP contribution in [0.1, 0.15) is 25.5 Å². The number of carbonyl (C=O) groups is 1. The van der Waals surface area contributed by atoms with Crippen molar-refractivity contribution in [2.24, 2.45) is 0 Å². The van der Waals surface area contributed by atoms with Crippen molar-refractivity contribution >= 4 is 38.0 Å². The molecule has 2 heterocycles. The van der Waals surface area contributed by atoms with Crippen LogP contribution in [0.25, 0.3) is 10.9 Å². The standard InChI is InChI=1S/C28H31F3N4O4S/c1-19(36)34-14-11-20(12-15-34)33-24-7-4-8-26-23(24)16-21(35(26)18-28(29,30)31)6-5-13-32-25-10-9-22(40(3,37)38)17-27(25)39-2/h4,7-10,16-17,20,32-33H,11-15,18H2,1-3H3. The molecule has 1 saturated heterocycles. The number of rotatable bonds is 7. The number of ether oxygens (including phenoxy) is 1. The van der Waals surface area contributed by atoms with E-state index in [4.69, 9.17) is 4.74 Å². The average molecular weight is 577 g/mol. The van der Waals surface area contributed by atoms with Crippen LogP contribution in [-0.4, -0.2) is 69.0 Å². The van der Waals surface area contributed by atoms with Gasteiger partial charge in [0.15, 0.2) is 9.84 Å². The first-order chi connectivity index (χ1) is 18.9. The Morgan fingerprint density at radius 3 is 2.48 bits per heavy atom. The molecule has 2 N–H and O–H groups in total. The van der Waals surface area contributed by atoms with E-state index in [1.807, 2.05) is 6.07 Å². The van der Waals surface area contributed by atoms with E-state index >= 15 is 0 Å². The molecule has 1 aromatic heterocycles. The minimum atomic E-state index is -4.45. The SMILES string of the molecule is COc1cc(S(C)(=O)=O)ccc1NCC#Cc1cc2c(NC3CCN(C(C)=O)CC3)cccc2n1CC(F)(F)F. The second-order valence-electron chi connectivity index (χ2n) is 9.68. The first-order valence-corrected chi connectivity index (χ1v) is 14.6. The third kappa shape index (κ3) is 7.01. The van der Waals surface area contributed by atoms with Crippen LogP contribution in [0.2, 0.25) is 0 Å². The van der Waals surface area contributed by atoms with E-state index in [-0.39, 0.29) is 29.1 Å². The Morgan fingerprint density at radius 1 is 1.12 bits per heavy atom. The summed E-state index contributed by atoms with van der Waals surface area (Å²) in [5, 5.41) is 7.12. The van der Waals surface area contributed by atoms with Crippen LogP contribution in [0.15, 0.2) is 47.4 Å². The third-order valence-electron chi connectivity index (χ3n) is 6.77. The Hall–Kier alpha value is -3.85. The minimum Gasteiger partial charge on any atom is -0.495 e. The predicted molar refractivity (Wildman–Crippen MR) is 148 cm³/mol. The lowest BCUT2D eigenvalue weighted by Gasteiger charge is -2.32. The largest absolute Gasteiger partial charge is 0.495 e. The number of fused-ring (bicyclic) bond motifs is 1. The summed E-state index contributed by atoms with van der Waals surface area (Å²) in [6, 6.07) is 11.3. The summed E-state index contributed by atoms with van der Waals surface area (Å²) in [5.74, 6) is 6.07. The lowest BCUT2D eigenvalue weighted by molar-refractivity contribution is -0.140. The molecule has 0 spiro atoms. The molecule has 12 heteroatoms. The Morgan fingerprint density at radius 2 is 1.85 bits per heavy atom. The van der Waals surface area contributed by atoms with Crippen molar-refractivity contribution in [1.82, 2.24) is 9.47 Å². The smallest absolute Gasteiger partial charge is 0.406 e. The van der Waals surface area contributed by atoms with E-state index in [9.17, 15) is 26.4 Å². The van der Waals surface area contributed by atoms with Crippen LogP contribution in [-0.2, 0) is 21.2 Å². The van der Waals surface area contributed by atoms with Gasteiger partial charge in [-0.15, -0.1) is 0 Å². The number of hydrogen-bond donors (Lipinski definition) is 2. The minimum absolute atomic E-state index is 0.0341. The molecule has 214 valence electrons. The van der Waals surface area contributed by atoms with Gasteiger partial charge in [-0.3, -0.25) is 4.79 Å². The normalized spacial score (nSPS) is 14.5. The maximum Gasteiger partial charge on any atom is 0.406 e. The molecule has 1 fully saturated rings. The number of methoxy groups -OCH3 is 1. The maximum atomic E-state index is 13.5. The molecule has 3 aromatic rings. The molecule has 8 nitrogen and oxygen atoms in total. The Kier molecular flexibility index (Phi) is 8.54. The molecular formula is C28H31F3N4O4S. The molecule has 1 aliphatic rings. The van der Waals surface area contributed by atoms with E-state index in [1.165, 1.54) is 19.2 Å². The van der Waals surface area contributed by atoms with E-state index in [0.717, 1.165) is 29.4 Å². The molecule has 1 aliphatic heterocycles. The van der Waals surface area contributed by atoms with E-state index < -0.39 is 22.6 Å². The van der Waals surface area contributed by atoms with Gasteiger partial charge in [0.2, 0.25) is 5.91 Å². The number of piperidine rings is 1. The Labute approximate surface area is 231 Å². The number of carbonyl (C=O) groups excluding carboxylic acids is 1. The number of nitrogens with one attached hydrogen (secondary N) is 2. The molecule has 0 bridgehead atoms. The second kappa shape index (κ2) is 11.7. The molecule has 1 amide bonds. The van der Waals surface area contributed by atoms with E-state index in [1.54, 1.807) is 36.1 Å². The summed E-state index contributed by atoms with van der Waals surface area (Å²) in [6.45, 7) is 1.70. The molecule has 2 aromatic carbocycles. The zero-order chi connectivity index (χ0) is 29.1. The van der Waals surface area contributed by atoms with Crippen LogP contribution >= 0.6 is 0 Å². The first kappa shape index (κ1) is 29.1. The zero-order valence-corrected chi connectivity index (χ0v) is 23.2. The third-order valence-corrected chi connectivity index (χ3v) is 7.88. The predicted octanol–water partition coefficient (Wildman–Crippen LogP) is 4.50. The monoisotopic (exact) mass is 576 g/mol. The molecule has 0 aliphatic carbocycles. The number of hydrogen-bond acceptors (Lipinski definition) is 6. The maximum absolute atomic E-state index is 13.5. The summed E-state index contributed by atoms with van der Waals surface area (Å²) in [7, 11) is -2.01. The van der Waals surface area contributed by atoms with Gasteiger partial charge in [-0.1, -0.05) is 12.0 Å². The van der Waals surface area contributed by atoms with Crippen molar-refractivity contribution in [3.8, 4) is 17.6 Å². The van der Waals surface area contributed by atoms with Gasteiger partial charge in [-0.25, -0.2) is 8.42 Å². The highest BCUT2D eigenvalue weighted by molar-refractivity contribution is 7.90. The molecule has 0 radical (unpaired) electrons. The van der Waals surface area contributed by atoms with Gasteiger partial charge >= 0.3 is 6.18 Å². The van der Waals surface area contributed by atoms with Gasteiger partial charge < -0.3 is 24.8 Å². The highest BCUT2D eigenvalue weighted by Crippen LogP contribution is 2.31.